The van der Waals surface area contributed by atoms with E-state index in [1.54, 1.807) is 24.4 Å². The first-order valence-corrected chi connectivity index (χ1v) is 23.1. The molecule has 2 saturated heterocycles. The van der Waals surface area contributed by atoms with Crippen LogP contribution in [-0.2, 0) is 30.5 Å². The summed E-state index contributed by atoms with van der Waals surface area (Å²) in [4.78, 5) is 62.6. The smallest absolute Gasteiger partial charge is 0.259 e. The molecule has 17 heteroatoms. The number of nitriles is 1. The van der Waals surface area contributed by atoms with Gasteiger partial charge in [-0.3, -0.25) is 24.1 Å². The highest BCUT2D eigenvalue weighted by molar-refractivity contribution is 7.81. The zero-order valence-electron chi connectivity index (χ0n) is 38.5. The van der Waals surface area contributed by atoms with Crippen molar-refractivity contribution in [2.45, 2.75) is 84.2 Å². The van der Waals surface area contributed by atoms with Crippen LogP contribution in [0, 0.1) is 16.7 Å². The quantitative estimate of drug-likeness (QED) is 0.0618. The van der Waals surface area contributed by atoms with Crippen LogP contribution in [0.5, 0.6) is 5.75 Å². The van der Waals surface area contributed by atoms with E-state index in [-0.39, 0.29) is 37.0 Å². The number of unbranched alkanes of at least 4 members (excludes halogenated alkanes) is 1. The van der Waals surface area contributed by atoms with Crippen LogP contribution < -0.4 is 25.2 Å². The van der Waals surface area contributed by atoms with Crippen LogP contribution in [0.1, 0.15) is 65.0 Å². The fourth-order valence-electron chi connectivity index (χ4n) is 8.17. The number of oxazole rings is 1. The standard InChI is InChI=1S/C51H54ClN7O8S/c1-50(2,3)45(47(63)57-29-39(60)25-42(57)46(62)55-27-32-8-10-35(11-9-32)43-28-54-31-67-43)56-44(61)30-65-22-6-7-23-66-40-20-15-34(16-21-40)33-12-17-37(18-13-33)59-49(68)58(48(64)51(59,4)5)38-19-14-36(26-53)41(52)24-38/h8-21,24,28,31,39,42,45,60H,6-7,22-23,25,27,29-30H2,1-5H3,(H,55,62)(H,56,61)/t39-,42+,45-/m1/s1. The van der Waals surface area contributed by atoms with Gasteiger partial charge >= 0.3 is 0 Å². The number of hydrogen-bond donors (Lipinski definition) is 3. The van der Waals surface area contributed by atoms with Crippen LogP contribution in [0.15, 0.2) is 108 Å². The Hall–Kier alpha value is -6.64. The zero-order chi connectivity index (χ0) is 48.8. The summed E-state index contributed by atoms with van der Waals surface area (Å²) in [5.74, 6) is -0.184. The van der Waals surface area contributed by atoms with Crippen molar-refractivity contribution in [2.75, 3.05) is 36.2 Å². The van der Waals surface area contributed by atoms with Gasteiger partial charge in [0.2, 0.25) is 17.7 Å². The molecule has 354 valence electrons. The van der Waals surface area contributed by atoms with Gasteiger partial charge in [-0.05, 0) is 103 Å². The van der Waals surface area contributed by atoms with Crippen molar-refractivity contribution in [3.8, 4) is 34.3 Å². The first kappa shape index (κ1) is 49.3. The van der Waals surface area contributed by atoms with Gasteiger partial charge in [0.15, 0.2) is 17.3 Å². The molecule has 0 radical (unpaired) electrons. The lowest BCUT2D eigenvalue weighted by molar-refractivity contribution is -0.144. The lowest BCUT2D eigenvalue weighted by Gasteiger charge is -2.35. The maximum Gasteiger partial charge on any atom is 0.259 e. The van der Waals surface area contributed by atoms with Gasteiger partial charge in [0, 0.05) is 37.4 Å². The molecule has 2 aliphatic rings. The number of likely N-dealkylation sites (tertiary alicyclic amines) is 1. The van der Waals surface area contributed by atoms with Gasteiger partial charge in [0.05, 0.1) is 35.2 Å². The highest BCUT2D eigenvalue weighted by Gasteiger charge is 2.50. The normalized spacial score (nSPS) is 17.2. The molecule has 15 nitrogen and oxygen atoms in total. The maximum atomic E-state index is 14.0. The number of carbonyl (C=O) groups excluding carboxylic acids is 4. The SMILES string of the molecule is CC(C)(C)[C@H](NC(=O)COCCCCOc1ccc(-c2ccc(N3C(=S)N(c4ccc(C#N)c(Cl)c4)C(=O)C3(C)C)cc2)cc1)C(=O)N1C[C@H](O)C[C@H]1C(=O)NCc1ccc(-c2cnco2)cc1. The minimum atomic E-state index is -0.971. The molecule has 5 aromatic rings. The maximum absolute atomic E-state index is 14.0. The van der Waals surface area contributed by atoms with Crippen LogP contribution in [0.25, 0.3) is 22.5 Å². The summed E-state index contributed by atoms with van der Waals surface area (Å²) in [6.07, 6.45) is 3.48. The van der Waals surface area contributed by atoms with E-state index in [0.29, 0.717) is 53.9 Å². The molecule has 4 amide bonds. The first-order valence-electron chi connectivity index (χ1n) is 22.3. The van der Waals surface area contributed by atoms with Gasteiger partial charge in [0.25, 0.3) is 5.91 Å². The predicted octanol–water partition coefficient (Wildman–Crippen LogP) is 7.44. The Morgan fingerprint density at radius 3 is 2.25 bits per heavy atom. The highest BCUT2D eigenvalue weighted by Crippen LogP contribution is 2.38. The summed E-state index contributed by atoms with van der Waals surface area (Å²) in [6.45, 7) is 9.80. The number of β-amino-alcohol motifs (C(OH)–C–C–N with tert-alkyl or cyclic N) is 1. The van der Waals surface area contributed by atoms with Crippen molar-refractivity contribution in [2.24, 2.45) is 5.41 Å². The van der Waals surface area contributed by atoms with Crippen molar-refractivity contribution >= 4 is 63.9 Å². The summed E-state index contributed by atoms with van der Waals surface area (Å²) in [5.41, 5.74) is 3.51. The van der Waals surface area contributed by atoms with Crippen LogP contribution >= 0.6 is 23.8 Å². The number of benzene rings is 4. The number of hydrogen-bond acceptors (Lipinski definition) is 11. The third kappa shape index (κ3) is 11.2. The monoisotopic (exact) mass is 959 g/mol. The Bertz CT molecular complexity index is 2670. The molecule has 0 spiro atoms. The average molecular weight is 961 g/mol. The van der Waals surface area contributed by atoms with E-state index in [4.69, 9.17) is 37.7 Å². The van der Waals surface area contributed by atoms with Gasteiger partial charge in [-0.1, -0.05) is 80.9 Å². The molecule has 3 heterocycles. The number of aliphatic hydroxyl groups is 1. The molecule has 1 aromatic heterocycles. The number of anilines is 2. The highest BCUT2D eigenvalue weighted by atomic mass is 35.5. The number of nitrogens with one attached hydrogen (secondary N) is 2. The first-order chi connectivity index (χ1) is 32.5. The molecular formula is C51H54ClN7O8S. The number of aromatic nitrogens is 1. The summed E-state index contributed by atoms with van der Waals surface area (Å²) >= 11 is 12.1. The third-order valence-corrected chi connectivity index (χ3v) is 12.6. The number of carbonyl (C=O) groups is 4. The van der Waals surface area contributed by atoms with E-state index in [0.717, 1.165) is 27.9 Å². The second-order valence-corrected chi connectivity index (χ2v) is 19.1. The number of nitrogens with zero attached hydrogens (tertiary/aromatic N) is 5. The number of thiocarbonyl (C=S) groups is 1. The summed E-state index contributed by atoms with van der Waals surface area (Å²) in [6, 6.07) is 27.9. The number of rotatable bonds is 17. The second kappa shape index (κ2) is 21.1. The number of aliphatic hydroxyl groups excluding tert-OH is 1. The molecule has 0 unspecified atom stereocenters. The molecule has 0 aliphatic carbocycles. The van der Waals surface area contributed by atoms with Gasteiger partial charge < -0.3 is 39.4 Å². The Kier molecular flexibility index (Phi) is 15.3. The lowest BCUT2D eigenvalue weighted by atomic mass is 9.85. The number of amides is 4. The Morgan fingerprint density at radius 2 is 1.62 bits per heavy atom. The number of ether oxygens (including phenoxy) is 2. The zero-order valence-corrected chi connectivity index (χ0v) is 40.1. The molecule has 3 N–H and O–H groups in total. The molecule has 68 heavy (non-hydrogen) atoms. The molecule has 2 fully saturated rings. The van der Waals surface area contributed by atoms with Crippen molar-refractivity contribution in [1.82, 2.24) is 20.5 Å². The largest absolute Gasteiger partial charge is 0.494 e. The second-order valence-electron chi connectivity index (χ2n) is 18.3. The molecule has 0 bridgehead atoms. The fourth-order valence-corrected chi connectivity index (χ4v) is 8.91. The van der Waals surface area contributed by atoms with E-state index >= 15 is 0 Å². The van der Waals surface area contributed by atoms with Gasteiger partial charge in [-0.25, -0.2) is 4.98 Å². The van der Waals surface area contributed by atoms with Gasteiger partial charge in [-0.15, -0.1) is 0 Å². The molecule has 3 atom stereocenters. The van der Waals surface area contributed by atoms with Crippen molar-refractivity contribution in [1.29, 1.82) is 5.26 Å². The van der Waals surface area contributed by atoms with Gasteiger partial charge in [0.1, 0.15) is 36.0 Å². The Labute approximate surface area is 406 Å². The van der Waals surface area contributed by atoms with E-state index in [1.165, 1.54) is 16.2 Å². The lowest BCUT2D eigenvalue weighted by Crippen LogP contribution is -2.58. The van der Waals surface area contributed by atoms with Crippen LogP contribution in [-0.4, -0.2) is 93.8 Å². The molecule has 7 rings (SSSR count). The Balaban J connectivity index is 0.831. The summed E-state index contributed by atoms with van der Waals surface area (Å²) in [7, 11) is 0. The van der Waals surface area contributed by atoms with Crippen LogP contribution in [0.3, 0.4) is 0 Å². The Morgan fingerprint density at radius 1 is 0.971 bits per heavy atom. The minimum Gasteiger partial charge on any atom is -0.494 e. The van der Waals surface area contributed by atoms with Crippen molar-refractivity contribution in [3.05, 3.63) is 120 Å². The van der Waals surface area contributed by atoms with E-state index in [2.05, 4.69) is 15.6 Å². The fraction of sp³-hybridized carbons (Fsp3) is 0.353. The molecular weight excluding hydrogens is 906 g/mol. The van der Waals surface area contributed by atoms with Crippen molar-refractivity contribution < 1.29 is 38.2 Å². The van der Waals surface area contributed by atoms with Crippen LogP contribution in [0.4, 0.5) is 11.4 Å². The van der Waals surface area contributed by atoms with E-state index < -0.39 is 46.9 Å². The van der Waals surface area contributed by atoms with Crippen molar-refractivity contribution in [3.63, 3.8) is 0 Å². The summed E-state index contributed by atoms with van der Waals surface area (Å²) in [5, 5.41) is 26.1. The van der Waals surface area contributed by atoms with E-state index in [1.807, 2.05) is 118 Å². The number of halogens is 1. The van der Waals surface area contributed by atoms with Crippen LogP contribution in [0.2, 0.25) is 5.02 Å². The van der Waals surface area contributed by atoms with E-state index in [9.17, 15) is 29.5 Å². The molecule has 0 saturated carbocycles. The summed E-state index contributed by atoms with van der Waals surface area (Å²) < 4.78 is 17.0. The molecule has 4 aromatic carbocycles. The van der Waals surface area contributed by atoms with Gasteiger partial charge in [-0.2, -0.15) is 5.26 Å². The molecule has 2 aliphatic heterocycles. The average Bonchev–Trinajstić information content (AvgIpc) is 4.04. The minimum absolute atomic E-state index is 0.0270. The topological polar surface area (TPSA) is 191 Å². The third-order valence-electron chi connectivity index (χ3n) is 11.9. The predicted molar refractivity (Wildman–Crippen MR) is 262 cm³/mol.